The smallest absolute Gasteiger partial charge is 0.0582 e. The van der Waals surface area contributed by atoms with Crippen LogP contribution in [-0.4, -0.2) is 24.0 Å². The molecule has 2 N–H and O–H groups in total. The van der Waals surface area contributed by atoms with E-state index in [1.54, 1.807) is 11.8 Å². The third kappa shape index (κ3) is 3.86. The molecule has 3 heteroatoms. The molecular weight excluding hydrogens is 206 g/mol. The average Bonchev–Trinajstić information content (AvgIpc) is 2.29. The van der Waals surface area contributed by atoms with Crippen LogP contribution in [0.3, 0.4) is 0 Å². The Balaban J connectivity index is 2.61. The number of hydrogen-bond donors (Lipinski definition) is 2. The standard InChI is InChI=1S/C12H19NOS/c1-9(8-14)13-10(2)11-4-6-12(15-3)7-5-11/h4-7,9-10,13-14H,8H2,1-3H3/t9-,10-/m1/s1. The molecule has 1 rings (SSSR count). The van der Waals surface area contributed by atoms with E-state index in [0.29, 0.717) is 0 Å². The van der Waals surface area contributed by atoms with Crippen molar-refractivity contribution in [2.75, 3.05) is 12.9 Å². The molecule has 15 heavy (non-hydrogen) atoms. The number of aliphatic hydroxyl groups excluding tert-OH is 1. The van der Waals surface area contributed by atoms with Gasteiger partial charge in [0.1, 0.15) is 0 Å². The fourth-order valence-electron chi connectivity index (χ4n) is 1.47. The van der Waals surface area contributed by atoms with Crippen molar-refractivity contribution in [1.29, 1.82) is 0 Å². The molecule has 0 aliphatic heterocycles. The maximum Gasteiger partial charge on any atom is 0.0582 e. The first-order valence-corrected chi connectivity index (χ1v) is 6.40. The van der Waals surface area contributed by atoms with E-state index in [2.05, 4.69) is 42.8 Å². The van der Waals surface area contributed by atoms with Gasteiger partial charge in [-0.05, 0) is 37.8 Å². The largest absolute Gasteiger partial charge is 0.395 e. The van der Waals surface area contributed by atoms with Crippen molar-refractivity contribution >= 4 is 11.8 Å². The minimum absolute atomic E-state index is 0.139. The zero-order chi connectivity index (χ0) is 11.3. The first-order valence-electron chi connectivity index (χ1n) is 5.18. The lowest BCUT2D eigenvalue weighted by molar-refractivity contribution is 0.243. The van der Waals surface area contributed by atoms with Gasteiger partial charge in [0.25, 0.3) is 0 Å². The maximum absolute atomic E-state index is 8.95. The molecule has 0 amide bonds. The van der Waals surface area contributed by atoms with Gasteiger partial charge < -0.3 is 10.4 Å². The monoisotopic (exact) mass is 225 g/mol. The average molecular weight is 225 g/mol. The number of hydrogen-bond acceptors (Lipinski definition) is 3. The van der Waals surface area contributed by atoms with Gasteiger partial charge in [0, 0.05) is 17.0 Å². The van der Waals surface area contributed by atoms with Gasteiger partial charge in [-0.2, -0.15) is 0 Å². The van der Waals surface area contributed by atoms with Crippen molar-refractivity contribution in [2.24, 2.45) is 0 Å². The van der Waals surface area contributed by atoms with E-state index in [4.69, 9.17) is 5.11 Å². The van der Waals surface area contributed by atoms with E-state index in [1.807, 2.05) is 6.92 Å². The van der Waals surface area contributed by atoms with Gasteiger partial charge in [-0.15, -0.1) is 11.8 Å². The molecule has 2 nitrogen and oxygen atoms in total. The second kappa shape index (κ2) is 6.16. The summed E-state index contributed by atoms with van der Waals surface area (Å²) >= 11 is 1.75. The van der Waals surface area contributed by atoms with Crippen molar-refractivity contribution in [3.8, 4) is 0 Å². The summed E-state index contributed by atoms with van der Waals surface area (Å²) in [7, 11) is 0. The van der Waals surface area contributed by atoms with Gasteiger partial charge in [-0.25, -0.2) is 0 Å². The molecule has 1 aromatic rings. The Morgan fingerprint density at radius 1 is 1.27 bits per heavy atom. The molecule has 0 unspecified atom stereocenters. The summed E-state index contributed by atoms with van der Waals surface area (Å²) in [6, 6.07) is 8.94. The van der Waals surface area contributed by atoms with Gasteiger partial charge in [0.05, 0.1) is 6.61 Å². The lowest BCUT2D eigenvalue weighted by Gasteiger charge is -2.18. The van der Waals surface area contributed by atoms with Crippen LogP contribution >= 0.6 is 11.8 Å². The lowest BCUT2D eigenvalue weighted by Crippen LogP contribution is -2.31. The summed E-state index contributed by atoms with van der Waals surface area (Å²) in [6.45, 7) is 4.26. The van der Waals surface area contributed by atoms with Gasteiger partial charge in [0.2, 0.25) is 0 Å². The van der Waals surface area contributed by atoms with E-state index < -0.39 is 0 Å². The van der Waals surface area contributed by atoms with Crippen molar-refractivity contribution in [2.45, 2.75) is 30.8 Å². The number of thioether (sulfide) groups is 1. The van der Waals surface area contributed by atoms with Crippen molar-refractivity contribution < 1.29 is 5.11 Å². The van der Waals surface area contributed by atoms with E-state index in [-0.39, 0.29) is 18.7 Å². The first kappa shape index (κ1) is 12.6. The normalized spacial score (nSPS) is 14.9. The molecule has 84 valence electrons. The molecule has 0 radical (unpaired) electrons. The summed E-state index contributed by atoms with van der Waals surface area (Å²) in [4.78, 5) is 1.28. The molecule has 0 fully saturated rings. The summed E-state index contributed by atoms with van der Waals surface area (Å²) in [5, 5.41) is 12.3. The Labute approximate surface area is 96.1 Å². The number of benzene rings is 1. The second-order valence-electron chi connectivity index (χ2n) is 3.75. The van der Waals surface area contributed by atoms with Crippen LogP contribution in [0.1, 0.15) is 25.5 Å². The van der Waals surface area contributed by atoms with Crippen molar-refractivity contribution in [3.63, 3.8) is 0 Å². The highest BCUT2D eigenvalue weighted by atomic mass is 32.2. The van der Waals surface area contributed by atoms with Crippen LogP contribution in [0.2, 0.25) is 0 Å². The van der Waals surface area contributed by atoms with Crippen molar-refractivity contribution in [1.82, 2.24) is 5.32 Å². The predicted octanol–water partition coefficient (Wildman–Crippen LogP) is 2.44. The van der Waals surface area contributed by atoms with Crippen LogP contribution in [0, 0.1) is 0 Å². The quantitative estimate of drug-likeness (QED) is 0.755. The molecule has 0 bridgehead atoms. The molecule has 0 aliphatic rings. The third-order valence-corrected chi connectivity index (χ3v) is 3.17. The molecule has 2 atom stereocenters. The second-order valence-corrected chi connectivity index (χ2v) is 4.62. The first-order chi connectivity index (χ1) is 7.17. The van der Waals surface area contributed by atoms with Gasteiger partial charge in [-0.3, -0.25) is 0 Å². The number of aliphatic hydroxyl groups is 1. The molecule has 0 saturated carbocycles. The van der Waals surface area contributed by atoms with E-state index >= 15 is 0 Å². The lowest BCUT2D eigenvalue weighted by atomic mass is 10.1. The van der Waals surface area contributed by atoms with Crippen LogP contribution in [0.15, 0.2) is 29.2 Å². The Morgan fingerprint density at radius 2 is 1.87 bits per heavy atom. The molecule has 0 aliphatic carbocycles. The SMILES string of the molecule is CSc1ccc([C@@H](C)N[C@H](C)CO)cc1. The fraction of sp³-hybridized carbons (Fsp3) is 0.500. The molecule has 1 aromatic carbocycles. The summed E-state index contributed by atoms with van der Waals surface area (Å²) in [5.74, 6) is 0. The summed E-state index contributed by atoms with van der Waals surface area (Å²) in [6.07, 6.45) is 2.07. The number of nitrogens with one attached hydrogen (secondary N) is 1. The van der Waals surface area contributed by atoms with Crippen LogP contribution in [0.4, 0.5) is 0 Å². The molecule has 0 aromatic heterocycles. The summed E-state index contributed by atoms with van der Waals surface area (Å²) < 4.78 is 0. The Bertz CT molecular complexity index is 286. The zero-order valence-electron chi connectivity index (χ0n) is 9.53. The third-order valence-electron chi connectivity index (χ3n) is 2.42. The Hall–Kier alpha value is -0.510. The maximum atomic E-state index is 8.95. The van der Waals surface area contributed by atoms with Crippen molar-refractivity contribution in [3.05, 3.63) is 29.8 Å². The van der Waals surface area contributed by atoms with Crippen LogP contribution in [0.5, 0.6) is 0 Å². The highest BCUT2D eigenvalue weighted by molar-refractivity contribution is 7.98. The van der Waals surface area contributed by atoms with Crippen LogP contribution < -0.4 is 5.32 Å². The van der Waals surface area contributed by atoms with Crippen LogP contribution in [-0.2, 0) is 0 Å². The van der Waals surface area contributed by atoms with E-state index in [0.717, 1.165) is 0 Å². The van der Waals surface area contributed by atoms with E-state index in [1.165, 1.54) is 10.5 Å². The van der Waals surface area contributed by atoms with E-state index in [9.17, 15) is 0 Å². The summed E-state index contributed by atoms with van der Waals surface area (Å²) in [5.41, 5.74) is 1.26. The van der Waals surface area contributed by atoms with Gasteiger partial charge in [0.15, 0.2) is 0 Å². The zero-order valence-corrected chi connectivity index (χ0v) is 10.3. The Kier molecular flexibility index (Phi) is 5.15. The highest BCUT2D eigenvalue weighted by Gasteiger charge is 2.07. The number of rotatable bonds is 5. The topological polar surface area (TPSA) is 32.3 Å². The fourth-order valence-corrected chi connectivity index (χ4v) is 1.88. The molecule has 0 saturated heterocycles. The van der Waals surface area contributed by atoms with Gasteiger partial charge in [-0.1, -0.05) is 12.1 Å². The predicted molar refractivity (Wildman–Crippen MR) is 66.3 cm³/mol. The Morgan fingerprint density at radius 3 is 2.33 bits per heavy atom. The van der Waals surface area contributed by atoms with Gasteiger partial charge >= 0.3 is 0 Å². The highest BCUT2D eigenvalue weighted by Crippen LogP contribution is 2.19. The minimum Gasteiger partial charge on any atom is -0.395 e. The molecular formula is C12H19NOS. The molecule has 0 heterocycles. The van der Waals surface area contributed by atoms with Crippen LogP contribution in [0.25, 0.3) is 0 Å². The molecule has 0 spiro atoms. The minimum atomic E-state index is 0.139.